The van der Waals surface area contributed by atoms with Gasteiger partial charge in [0.1, 0.15) is 5.82 Å². The predicted molar refractivity (Wildman–Crippen MR) is 96.6 cm³/mol. The molecular weight excluding hydrogens is 302 g/mol. The minimum Gasteiger partial charge on any atom is -0.327 e. The number of hydrogen-bond acceptors (Lipinski definition) is 3. The topological polar surface area (TPSA) is 30.7 Å². The highest BCUT2D eigenvalue weighted by Crippen LogP contribution is 2.35. The maximum atomic E-state index is 4.95. The van der Waals surface area contributed by atoms with Gasteiger partial charge in [0, 0.05) is 41.7 Å². The van der Waals surface area contributed by atoms with Crippen LogP contribution >= 0.6 is 12.6 Å². The largest absolute Gasteiger partial charge is 0.327 e. The molecule has 0 aliphatic carbocycles. The van der Waals surface area contributed by atoms with E-state index in [4.69, 9.17) is 4.98 Å². The molecule has 0 saturated heterocycles. The highest BCUT2D eigenvalue weighted by Gasteiger charge is 2.23. The maximum Gasteiger partial charge on any atom is 0.109 e. The van der Waals surface area contributed by atoms with Crippen LogP contribution in [0.25, 0.3) is 22.5 Å². The number of aromatic nitrogens is 3. The first-order chi connectivity index (χ1) is 11.3. The Bertz CT molecular complexity index is 850. The number of imidazole rings is 1. The summed E-state index contributed by atoms with van der Waals surface area (Å²) < 4.78 is 2.37. The highest BCUT2D eigenvalue weighted by atomic mass is 32.1. The Kier molecular flexibility index (Phi) is 3.69. The maximum absolute atomic E-state index is 4.95. The number of aryl methyl sites for hydroxylation is 2. The number of rotatable bonds is 3. The number of nitrogens with zero attached hydrogens (tertiary/aromatic N) is 3. The lowest BCUT2D eigenvalue weighted by molar-refractivity contribution is 0.756. The first-order valence-corrected chi connectivity index (χ1v) is 8.62. The first-order valence-electron chi connectivity index (χ1n) is 7.99. The first kappa shape index (κ1) is 14.5. The molecule has 3 nitrogen and oxygen atoms in total. The van der Waals surface area contributed by atoms with E-state index in [0.29, 0.717) is 0 Å². The Hall–Kier alpha value is -2.07. The van der Waals surface area contributed by atoms with Gasteiger partial charge in [-0.05, 0) is 31.0 Å². The van der Waals surface area contributed by atoms with Gasteiger partial charge in [-0.15, -0.1) is 0 Å². The van der Waals surface area contributed by atoms with E-state index in [9.17, 15) is 0 Å². The van der Waals surface area contributed by atoms with Gasteiger partial charge in [0.15, 0.2) is 0 Å². The van der Waals surface area contributed by atoms with E-state index >= 15 is 0 Å². The Morgan fingerprint density at radius 3 is 2.70 bits per heavy atom. The fraction of sp³-hybridized carbons (Fsp3) is 0.263. The quantitative estimate of drug-likeness (QED) is 0.729. The van der Waals surface area contributed by atoms with Crippen LogP contribution in [0.1, 0.15) is 23.5 Å². The molecule has 0 N–H and O–H groups in total. The van der Waals surface area contributed by atoms with Crippen molar-refractivity contribution in [2.24, 2.45) is 0 Å². The summed E-state index contributed by atoms with van der Waals surface area (Å²) in [7, 11) is 0. The van der Waals surface area contributed by atoms with Crippen molar-refractivity contribution in [1.29, 1.82) is 0 Å². The third-order valence-corrected chi connectivity index (χ3v) is 4.77. The molecule has 3 heterocycles. The number of pyridine rings is 1. The molecule has 1 aliphatic heterocycles. The van der Waals surface area contributed by atoms with Crippen LogP contribution in [0, 0.1) is 6.92 Å². The van der Waals surface area contributed by atoms with Gasteiger partial charge in [0.05, 0.1) is 11.4 Å². The van der Waals surface area contributed by atoms with Crippen molar-refractivity contribution in [1.82, 2.24) is 14.5 Å². The van der Waals surface area contributed by atoms with Gasteiger partial charge >= 0.3 is 0 Å². The molecule has 23 heavy (non-hydrogen) atoms. The van der Waals surface area contributed by atoms with E-state index in [0.717, 1.165) is 30.1 Å². The van der Waals surface area contributed by atoms with Crippen LogP contribution in [0.15, 0.2) is 42.6 Å². The molecule has 1 aromatic carbocycles. The molecule has 0 amide bonds. The van der Waals surface area contributed by atoms with Gasteiger partial charge < -0.3 is 4.57 Å². The average Bonchev–Trinajstić information content (AvgIpc) is 3.15. The lowest BCUT2D eigenvalue weighted by Gasteiger charge is -2.09. The van der Waals surface area contributed by atoms with E-state index in [-0.39, 0.29) is 0 Å². The van der Waals surface area contributed by atoms with E-state index in [1.54, 1.807) is 0 Å². The van der Waals surface area contributed by atoms with Crippen LogP contribution in [0.4, 0.5) is 0 Å². The molecule has 0 unspecified atom stereocenters. The van der Waals surface area contributed by atoms with Crippen LogP contribution in [-0.2, 0) is 18.7 Å². The van der Waals surface area contributed by atoms with Gasteiger partial charge in [-0.25, -0.2) is 4.98 Å². The van der Waals surface area contributed by atoms with Crippen molar-refractivity contribution in [3.05, 3.63) is 59.7 Å². The second kappa shape index (κ2) is 5.85. The Labute approximate surface area is 141 Å². The molecular formula is C19H19N3S. The zero-order chi connectivity index (χ0) is 15.8. The van der Waals surface area contributed by atoms with Crippen molar-refractivity contribution in [3.8, 4) is 22.5 Å². The lowest BCUT2D eigenvalue weighted by atomic mass is 10.0. The summed E-state index contributed by atoms with van der Waals surface area (Å²) in [5.74, 6) is 1.96. The normalized spacial score (nSPS) is 13.3. The fourth-order valence-corrected chi connectivity index (χ4v) is 3.49. The second-order valence-corrected chi connectivity index (χ2v) is 6.34. The van der Waals surface area contributed by atoms with Crippen LogP contribution in [0.2, 0.25) is 0 Å². The van der Waals surface area contributed by atoms with Gasteiger partial charge in [-0.1, -0.05) is 24.3 Å². The number of hydrogen-bond donors (Lipinski definition) is 1. The summed E-state index contributed by atoms with van der Waals surface area (Å²) in [6, 6.07) is 12.8. The van der Waals surface area contributed by atoms with Gasteiger partial charge in [0.2, 0.25) is 0 Å². The number of thiol groups is 1. The summed E-state index contributed by atoms with van der Waals surface area (Å²) >= 11 is 4.34. The summed E-state index contributed by atoms with van der Waals surface area (Å²) in [6.45, 7) is 3.08. The van der Waals surface area contributed by atoms with Crippen LogP contribution in [0.3, 0.4) is 0 Å². The molecule has 0 spiro atoms. The van der Waals surface area contributed by atoms with Crippen LogP contribution in [0.5, 0.6) is 0 Å². The Morgan fingerprint density at radius 2 is 1.96 bits per heavy atom. The number of benzene rings is 1. The molecule has 0 bridgehead atoms. The van der Waals surface area contributed by atoms with Crippen molar-refractivity contribution in [2.45, 2.75) is 32.1 Å². The Morgan fingerprint density at radius 1 is 1.13 bits per heavy atom. The third-order valence-electron chi connectivity index (χ3n) is 4.41. The summed E-state index contributed by atoms with van der Waals surface area (Å²) in [5.41, 5.74) is 6.93. The van der Waals surface area contributed by atoms with E-state index in [1.807, 2.05) is 13.1 Å². The molecule has 3 aromatic rings. The fourth-order valence-electron chi connectivity index (χ4n) is 3.28. The van der Waals surface area contributed by atoms with Crippen LogP contribution in [-0.4, -0.2) is 14.5 Å². The minimum absolute atomic E-state index is 0.760. The molecule has 4 heteroatoms. The molecule has 0 radical (unpaired) electrons. The SMILES string of the molecule is Cc1cc(-c2c(-c3ccc(CS)cc3)nc3n2CCC3)ccn1. The summed E-state index contributed by atoms with van der Waals surface area (Å²) in [5, 5.41) is 0. The van der Waals surface area contributed by atoms with Crippen molar-refractivity contribution >= 4 is 12.6 Å². The molecule has 0 saturated carbocycles. The smallest absolute Gasteiger partial charge is 0.109 e. The van der Waals surface area contributed by atoms with Crippen molar-refractivity contribution in [3.63, 3.8) is 0 Å². The molecule has 2 aromatic heterocycles. The van der Waals surface area contributed by atoms with Gasteiger partial charge in [-0.2, -0.15) is 12.6 Å². The number of fused-ring (bicyclic) bond motifs is 1. The summed E-state index contributed by atoms with van der Waals surface area (Å²) in [6.07, 6.45) is 4.12. The third kappa shape index (κ3) is 2.57. The summed E-state index contributed by atoms with van der Waals surface area (Å²) in [4.78, 5) is 9.28. The molecule has 0 atom stereocenters. The van der Waals surface area contributed by atoms with E-state index in [1.165, 1.54) is 34.6 Å². The standard InChI is InChI=1S/C19H19N3S/c1-13-11-16(8-9-20-13)19-18(21-17-3-2-10-22(17)19)15-6-4-14(12-23)5-7-15/h4-9,11,23H,2-3,10,12H2,1H3. The molecule has 4 rings (SSSR count). The predicted octanol–water partition coefficient (Wildman–Crippen LogP) is 4.30. The zero-order valence-corrected chi connectivity index (χ0v) is 14.1. The van der Waals surface area contributed by atoms with E-state index < -0.39 is 0 Å². The van der Waals surface area contributed by atoms with Crippen molar-refractivity contribution < 1.29 is 0 Å². The van der Waals surface area contributed by atoms with Crippen LogP contribution < -0.4 is 0 Å². The second-order valence-electron chi connectivity index (χ2n) is 6.02. The Balaban J connectivity index is 1.90. The molecule has 116 valence electrons. The monoisotopic (exact) mass is 321 g/mol. The average molecular weight is 321 g/mol. The van der Waals surface area contributed by atoms with E-state index in [2.05, 4.69) is 58.6 Å². The minimum atomic E-state index is 0.760. The van der Waals surface area contributed by atoms with Gasteiger partial charge in [-0.3, -0.25) is 4.98 Å². The lowest BCUT2D eigenvalue weighted by Crippen LogP contribution is -1.97. The molecule has 1 aliphatic rings. The van der Waals surface area contributed by atoms with Crippen molar-refractivity contribution in [2.75, 3.05) is 0 Å². The van der Waals surface area contributed by atoms with Gasteiger partial charge in [0.25, 0.3) is 0 Å². The molecule has 0 fully saturated rings. The zero-order valence-electron chi connectivity index (χ0n) is 13.2. The highest BCUT2D eigenvalue weighted by molar-refractivity contribution is 7.79.